The Morgan fingerprint density at radius 2 is 0.800 bits per heavy atom. The van der Waals surface area contributed by atoms with Crippen LogP contribution in [0.2, 0.25) is 0 Å². The monoisotopic (exact) mass is 1440 g/mol. The van der Waals surface area contributed by atoms with Gasteiger partial charge < -0.3 is 28.4 Å². The second-order valence-corrected chi connectivity index (χ2v) is 27.1. The Morgan fingerprint density at radius 3 is 1.12 bits per heavy atom. The van der Waals surface area contributed by atoms with Gasteiger partial charge in [-0.1, -0.05) is 13.8 Å². The molecule has 12 rings (SSSR count). The maximum atomic E-state index is 13.2. The van der Waals surface area contributed by atoms with Crippen LogP contribution in [0.4, 0.5) is 0 Å². The van der Waals surface area contributed by atoms with Crippen molar-refractivity contribution in [2.24, 2.45) is 47.3 Å². The van der Waals surface area contributed by atoms with E-state index in [0.29, 0.717) is 35.2 Å². The zero-order chi connectivity index (χ0) is 45.0. The fraction of sp³-hybridized carbons (Fsp3) is 0.500. The predicted octanol–water partition coefficient (Wildman–Crippen LogP) is 10.9. The van der Waals surface area contributed by atoms with Crippen molar-refractivity contribution in [3.63, 3.8) is 0 Å². The number of esters is 2. The summed E-state index contributed by atoms with van der Waals surface area (Å²) in [6.07, 6.45) is 14.2. The molecule has 0 atom stereocenters. The van der Waals surface area contributed by atoms with E-state index in [1.54, 1.807) is 0 Å². The van der Waals surface area contributed by atoms with Gasteiger partial charge in [0.1, 0.15) is 45.7 Å². The van der Waals surface area contributed by atoms with Gasteiger partial charge in [-0.05, 0) is 288 Å². The lowest BCUT2D eigenvalue weighted by Crippen LogP contribution is -3.61. The van der Waals surface area contributed by atoms with Crippen LogP contribution in [-0.4, -0.2) is 36.4 Å². The average Bonchev–Trinajstić information content (AvgIpc) is 3.28. The van der Waals surface area contributed by atoms with Crippen LogP contribution >= 0.6 is 90.4 Å². The highest BCUT2D eigenvalue weighted by Crippen LogP contribution is 2.62. The number of rotatable bonds is 16. The third-order valence-electron chi connectivity index (χ3n) is 15.7. The highest BCUT2D eigenvalue weighted by molar-refractivity contribution is 14.1. The van der Waals surface area contributed by atoms with E-state index >= 15 is 0 Å². The molecule has 0 saturated heterocycles. The third-order valence-corrected chi connectivity index (χ3v) is 21.8. The zero-order valence-electron chi connectivity index (χ0n) is 36.6. The minimum absolute atomic E-state index is 0.0920. The number of carbonyl (C=O) groups is 2. The Hall–Kier alpha value is -1.33. The van der Waals surface area contributed by atoms with Gasteiger partial charge in [-0.2, -0.15) is 0 Å². The molecular formula is C52H54I5O8+. The molecule has 8 aliphatic rings. The topological polar surface area (TPSA) is 89.5 Å². The molecule has 8 bridgehead atoms. The van der Waals surface area contributed by atoms with Crippen molar-refractivity contribution < 1.29 is 59.2 Å². The Balaban J connectivity index is 0.692. The van der Waals surface area contributed by atoms with Gasteiger partial charge in [0.25, 0.3) is 0 Å². The molecule has 8 nitrogen and oxygen atoms in total. The third kappa shape index (κ3) is 9.90. The first-order valence-corrected chi connectivity index (χ1v) is 29.7. The van der Waals surface area contributed by atoms with Crippen molar-refractivity contribution in [2.75, 3.05) is 13.2 Å². The molecule has 8 saturated carbocycles. The van der Waals surface area contributed by atoms with Gasteiger partial charge in [-0.25, -0.2) is 9.59 Å². The van der Waals surface area contributed by atoms with Crippen LogP contribution in [0, 0.1) is 68.8 Å². The summed E-state index contributed by atoms with van der Waals surface area (Å²) in [5.41, 5.74) is -0.635. The van der Waals surface area contributed by atoms with E-state index in [9.17, 15) is 9.59 Å². The van der Waals surface area contributed by atoms with Crippen molar-refractivity contribution in [3.05, 3.63) is 94.2 Å². The lowest BCUT2D eigenvalue weighted by Gasteiger charge is -2.60. The SMILES string of the molecule is CCC1(OC(=O)COc2cc(I)c(Oc3ccc([I+]c4ccc(Oc5cc(I)c(OCC(=O)OC6(CC)C7CC8CC(C7)CC6C8)cc5I)cc4)cc3)cc2I)C2CC3CC(C2)CC1C3. The van der Waals surface area contributed by atoms with Crippen molar-refractivity contribution in [1.82, 2.24) is 0 Å². The van der Waals surface area contributed by atoms with E-state index < -0.39 is 21.2 Å². The zero-order valence-corrected chi connectivity index (χ0v) is 47.4. The number of halogens is 5. The van der Waals surface area contributed by atoms with Crippen LogP contribution in [-0.2, 0) is 19.1 Å². The number of benzene rings is 4. The summed E-state index contributed by atoms with van der Waals surface area (Å²) in [7, 11) is 0. The summed E-state index contributed by atoms with van der Waals surface area (Å²) in [5.74, 6) is 9.08. The van der Waals surface area contributed by atoms with E-state index in [-0.39, 0.29) is 36.4 Å². The molecule has 13 heteroatoms. The second kappa shape index (κ2) is 19.8. The molecule has 0 unspecified atom stereocenters. The number of ether oxygens (including phenoxy) is 6. The molecule has 0 amide bonds. The van der Waals surface area contributed by atoms with E-state index in [1.807, 2.05) is 48.5 Å². The molecule has 0 aliphatic heterocycles. The van der Waals surface area contributed by atoms with Crippen LogP contribution in [0.25, 0.3) is 0 Å². The van der Waals surface area contributed by atoms with Crippen LogP contribution in [0.15, 0.2) is 72.8 Å². The quantitative estimate of drug-likeness (QED) is 0.0810. The molecule has 0 heterocycles. The molecule has 0 spiro atoms. The fourth-order valence-electron chi connectivity index (χ4n) is 13.3. The second-order valence-electron chi connectivity index (χ2n) is 19.4. The van der Waals surface area contributed by atoms with Crippen LogP contribution in [0.1, 0.15) is 90.9 Å². The summed E-state index contributed by atoms with van der Waals surface area (Å²) in [6.45, 7) is 4.20. The van der Waals surface area contributed by atoms with Gasteiger partial charge in [0.15, 0.2) is 20.4 Å². The minimum Gasteiger partial charge on any atom is -0.481 e. The molecule has 8 fully saturated rings. The Morgan fingerprint density at radius 1 is 0.492 bits per heavy atom. The number of carbonyl (C=O) groups excluding carboxylic acids is 2. The van der Waals surface area contributed by atoms with Crippen molar-refractivity contribution in [1.29, 1.82) is 0 Å². The van der Waals surface area contributed by atoms with Gasteiger partial charge in [0.05, 0.1) is 14.3 Å². The molecule has 0 aromatic heterocycles. The Bertz CT molecular complexity index is 2200. The van der Waals surface area contributed by atoms with Gasteiger partial charge >= 0.3 is 33.1 Å². The first-order valence-electron chi connectivity index (χ1n) is 23.3. The first-order chi connectivity index (χ1) is 31.4. The molecule has 65 heavy (non-hydrogen) atoms. The predicted molar refractivity (Wildman–Crippen MR) is 277 cm³/mol. The largest absolute Gasteiger partial charge is 0.481 e. The molecular weight excluding hydrogens is 1390 g/mol. The van der Waals surface area contributed by atoms with Crippen LogP contribution < -0.4 is 40.2 Å². The summed E-state index contributed by atoms with van der Waals surface area (Å²) < 4.78 is 43.7. The maximum Gasteiger partial charge on any atom is 0.357 e. The van der Waals surface area contributed by atoms with Gasteiger partial charge in [-0.3, -0.25) is 0 Å². The van der Waals surface area contributed by atoms with E-state index in [0.717, 1.165) is 73.8 Å². The summed E-state index contributed by atoms with van der Waals surface area (Å²) in [5, 5.41) is 0. The van der Waals surface area contributed by atoms with Crippen molar-refractivity contribution >= 4 is 102 Å². The molecule has 4 aromatic carbocycles. The van der Waals surface area contributed by atoms with E-state index in [1.165, 1.54) is 71.3 Å². The van der Waals surface area contributed by atoms with E-state index in [2.05, 4.69) is 128 Å². The lowest BCUT2D eigenvalue weighted by atomic mass is 9.49. The van der Waals surface area contributed by atoms with Gasteiger partial charge in [0.2, 0.25) is 0 Å². The normalized spacial score (nSPS) is 30.2. The molecule has 0 radical (unpaired) electrons. The van der Waals surface area contributed by atoms with Gasteiger partial charge in [0, 0.05) is 0 Å². The molecule has 344 valence electrons. The fourth-order valence-corrected chi connectivity index (χ4v) is 17.7. The molecule has 0 N–H and O–H groups in total. The maximum absolute atomic E-state index is 13.2. The molecule has 4 aromatic rings. The number of hydrogen-bond acceptors (Lipinski definition) is 8. The highest BCUT2D eigenvalue weighted by atomic mass is 127. The van der Waals surface area contributed by atoms with Crippen molar-refractivity contribution in [3.8, 4) is 34.5 Å². The summed E-state index contributed by atoms with van der Waals surface area (Å²) in [6, 6.07) is 24.4. The van der Waals surface area contributed by atoms with Crippen LogP contribution in [0.5, 0.6) is 34.5 Å². The average molecular weight is 1440 g/mol. The standard InChI is InChI=1S/C52H54I5O8/c1-3-51(33-15-29-13-30(17-33)18-34(51)16-29)64-49(58)27-60-45-23-43(55)47(25-41(45)53)62-39-9-5-37(6-10-39)57-38-7-11-40(12-8-38)63-48-26-42(54)46(24-44(48)56)61-28-50(59)65-52(4-2)35-19-31-14-32(21-35)22-36(52)20-31/h5-12,23-26,29-36H,3-4,13-22,27-28H2,1-2H3/q+1. The lowest BCUT2D eigenvalue weighted by molar-refractivity contribution is -0.597. The first kappa shape index (κ1) is 47.4. The highest BCUT2D eigenvalue weighted by Gasteiger charge is 2.60. The smallest absolute Gasteiger partial charge is 0.357 e. The Kier molecular flexibility index (Phi) is 14.4. The number of hydrogen-bond donors (Lipinski definition) is 0. The van der Waals surface area contributed by atoms with E-state index in [4.69, 9.17) is 28.4 Å². The minimum atomic E-state index is -0.424. The van der Waals surface area contributed by atoms with Gasteiger partial charge in [-0.15, -0.1) is 0 Å². The summed E-state index contributed by atoms with van der Waals surface area (Å²) in [4.78, 5) is 26.5. The Labute approximate surface area is 447 Å². The molecule has 8 aliphatic carbocycles. The summed E-state index contributed by atoms with van der Waals surface area (Å²) >= 11 is 8.61. The van der Waals surface area contributed by atoms with Crippen LogP contribution in [0.3, 0.4) is 0 Å². The van der Waals surface area contributed by atoms with Crippen molar-refractivity contribution in [2.45, 2.75) is 102 Å².